The van der Waals surface area contributed by atoms with Gasteiger partial charge in [-0.1, -0.05) is 28.1 Å². The minimum absolute atomic E-state index is 0.0751. The molecule has 1 saturated heterocycles. The van der Waals surface area contributed by atoms with E-state index in [4.69, 9.17) is 9.15 Å². The predicted octanol–water partition coefficient (Wildman–Crippen LogP) is 5.17. The third kappa shape index (κ3) is 4.01. The second kappa shape index (κ2) is 8.64. The molecule has 1 aromatic heterocycles. The number of benzene rings is 2. The van der Waals surface area contributed by atoms with Gasteiger partial charge in [0.15, 0.2) is 0 Å². The lowest BCUT2D eigenvalue weighted by Crippen LogP contribution is -2.31. The van der Waals surface area contributed by atoms with E-state index in [1.807, 2.05) is 36.1 Å². The molecule has 0 aliphatic carbocycles. The predicted molar refractivity (Wildman–Crippen MR) is 120 cm³/mol. The van der Waals surface area contributed by atoms with Crippen molar-refractivity contribution in [3.05, 3.63) is 74.0 Å². The number of methoxy groups -OCH3 is 1. The Labute approximate surface area is 183 Å². The van der Waals surface area contributed by atoms with E-state index in [1.165, 1.54) is 0 Å². The lowest BCUT2D eigenvalue weighted by atomic mass is 10.0. The number of ether oxygens (including phenoxy) is 1. The summed E-state index contributed by atoms with van der Waals surface area (Å²) in [5.41, 5.74) is 2.69. The first-order valence-corrected chi connectivity index (χ1v) is 10.9. The van der Waals surface area contributed by atoms with Gasteiger partial charge in [0.25, 0.3) is 0 Å². The molecule has 30 heavy (non-hydrogen) atoms. The molecule has 1 amide bonds. The topological polar surface area (TPSA) is 59.8 Å². The van der Waals surface area contributed by atoms with Crippen molar-refractivity contribution in [1.29, 1.82) is 0 Å². The van der Waals surface area contributed by atoms with Crippen molar-refractivity contribution in [3.8, 4) is 5.75 Å². The summed E-state index contributed by atoms with van der Waals surface area (Å²) in [6, 6.07) is 13.7. The summed E-state index contributed by atoms with van der Waals surface area (Å²) in [5, 5.41) is 0.867. The fraction of sp³-hybridized carbons (Fsp3) is 0.333. The van der Waals surface area contributed by atoms with E-state index >= 15 is 0 Å². The van der Waals surface area contributed by atoms with Crippen LogP contribution in [0.4, 0.5) is 0 Å². The molecule has 1 fully saturated rings. The fourth-order valence-corrected chi connectivity index (χ4v) is 4.71. The molecule has 1 aliphatic rings. The first-order chi connectivity index (χ1) is 14.5. The maximum Gasteiger partial charge on any atom is 0.339 e. The molecular formula is C24H24BrNO4. The van der Waals surface area contributed by atoms with E-state index in [0.717, 1.165) is 40.4 Å². The first-order valence-electron chi connectivity index (χ1n) is 10.1. The number of likely N-dealkylation sites (tertiary alicyclic amines) is 1. The van der Waals surface area contributed by atoms with Crippen molar-refractivity contribution in [2.75, 3.05) is 13.7 Å². The van der Waals surface area contributed by atoms with Gasteiger partial charge in [-0.15, -0.1) is 0 Å². The van der Waals surface area contributed by atoms with E-state index in [2.05, 4.69) is 28.1 Å². The molecule has 4 rings (SSSR count). The van der Waals surface area contributed by atoms with Crippen LogP contribution in [0, 0.1) is 6.92 Å². The normalized spacial score (nSPS) is 16.2. The van der Waals surface area contributed by atoms with E-state index in [1.54, 1.807) is 13.2 Å². The van der Waals surface area contributed by atoms with Gasteiger partial charge >= 0.3 is 5.63 Å². The molecular weight excluding hydrogens is 446 g/mol. The smallest absolute Gasteiger partial charge is 0.339 e. The molecule has 0 radical (unpaired) electrons. The molecule has 1 aliphatic heterocycles. The summed E-state index contributed by atoms with van der Waals surface area (Å²) in [7, 11) is 1.58. The number of halogens is 1. The minimum atomic E-state index is -0.383. The van der Waals surface area contributed by atoms with Crippen molar-refractivity contribution in [2.45, 2.75) is 38.6 Å². The molecule has 0 bridgehead atoms. The molecule has 0 saturated carbocycles. The van der Waals surface area contributed by atoms with Gasteiger partial charge in [0.05, 0.1) is 13.2 Å². The summed E-state index contributed by atoms with van der Waals surface area (Å²) < 4.78 is 11.7. The van der Waals surface area contributed by atoms with E-state index in [0.29, 0.717) is 23.3 Å². The Kier molecular flexibility index (Phi) is 5.95. The van der Waals surface area contributed by atoms with Crippen LogP contribution in [0.15, 0.2) is 56.1 Å². The van der Waals surface area contributed by atoms with Gasteiger partial charge in [-0.05, 0) is 61.6 Å². The van der Waals surface area contributed by atoms with Gasteiger partial charge in [-0.2, -0.15) is 0 Å². The molecule has 2 heterocycles. The summed E-state index contributed by atoms with van der Waals surface area (Å²) in [4.78, 5) is 27.5. The molecule has 5 nitrogen and oxygen atoms in total. The van der Waals surface area contributed by atoms with Gasteiger partial charge in [-0.25, -0.2) is 4.79 Å². The van der Waals surface area contributed by atoms with Gasteiger partial charge < -0.3 is 14.1 Å². The number of hydrogen-bond acceptors (Lipinski definition) is 4. The van der Waals surface area contributed by atoms with Gasteiger partial charge in [0.1, 0.15) is 11.3 Å². The number of aryl methyl sites for hydroxylation is 1. The molecule has 1 unspecified atom stereocenters. The van der Waals surface area contributed by atoms with Crippen molar-refractivity contribution in [2.24, 2.45) is 0 Å². The zero-order valence-electron chi connectivity index (χ0n) is 17.1. The number of carbonyl (C=O) groups is 1. The van der Waals surface area contributed by atoms with Gasteiger partial charge in [-0.3, -0.25) is 4.79 Å². The van der Waals surface area contributed by atoms with E-state index < -0.39 is 0 Å². The molecule has 2 aromatic carbocycles. The number of rotatable bonds is 5. The highest BCUT2D eigenvalue weighted by molar-refractivity contribution is 9.10. The monoisotopic (exact) mass is 469 g/mol. The largest absolute Gasteiger partial charge is 0.497 e. The highest BCUT2D eigenvalue weighted by Crippen LogP contribution is 2.34. The zero-order chi connectivity index (χ0) is 21.3. The first kappa shape index (κ1) is 20.7. The lowest BCUT2D eigenvalue weighted by molar-refractivity contribution is -0.132. The minimum Gasteiger partial charge on any atom is -0.497 e. The molecule has 0 N–H and O–H groups in total. The summed E-state index contributed by atoms with van der Waals surface area (Å²) in [6.07, 6.45) is 2.61. The Morgan fingerprint density at radius 1 is 1.27 bits per heavy atom. The van der Waals surface area contributed by atoms with Crippen molar-refractivity contribution >= 4 is 32.8 Å². The van der Waals surface area contributed by atoms with Gasteiger partial charge in [0, 0.05) is 34.5 Å². The molecule has 156 valence electrons. The number of amides is 1. The van der Waals surface area contributed by atoms with Crippen LogP contribution in [-0.4, -0.2) is 24.5 Å². The zero-order valence-corrected chi connectivity index (χ0v) is 18.7. The Hall–Kier alpha value is -2.60. The summed E-state index contributed by atoms with van der Waals surface area (Å²) in [5.74, 6) is 0.715. The third-order valence-corrected chi connectivity index (χ3v) is 6.38. The highest BCUT2D eigenvalue weighted by Gasteiger charge is 2.30. The number of nitrogens with zero attached hydrogens (tertiary/aromatic N) is 1. The second-order valence-electron chi connectivity index (χ2n) is 7.66. The SMILES string of the molecule is COc1ccc2c(C)c(CCC(=O)N3CCCC3c3cccc(Br)c3)c(=O)oc2c1. The van der Waals surface area contributed by atoms with Crippen LogP contribution in [0.25, 0.3) is 11.0 Å². The fourth-order valence-electron chi connectivity index (χ4n) is 4.29. The molecule has 0 spiro atoms. The van der Waals surface area contributed by atoms with Crippen LogP contribution in [0.1, 0.15) is 42.0 Å². The number of fused-ring (bicyclic) bond motifs is 1. The Bertz CT molecular complexity index is 1150. The van der Waals surface area contributed by atoms with E-state index in [-0.39, 0.29) is 24.0 Å². The average molecular weight is 470 g/mol. The second-order valence-corrected chi connectivity index (χ2v) is 8.57. The molecule has 6 heteroatoms. The van der Waals surface area contributed by atoms with Crippen LogP contribution >= 0.6 is 15.9 Å². The maximum absolute atomic E-state index is 13.0. The van der Waals surface area contributed by atoms with Crippen LogP contribution in [0.2, 0.25) is 0 Å². The molecule has 3 aromatic rings. The van der Waals surface area contributed by atoms with Crippen molar-refractivity contribution < 1.29 is 13.9 Å². The summed E-state index contributed by atoms with van der Waals surface area (Å²) >= 11 is 3.52. The Balaban J connectivity index is 1.53. The van der Waals surface area contributed by atoms with Gasteiger partial charge in [0.2, 0.25) is 5.91 Å². The highest BCUT2D eigenvalue weighted by atomic mass is 79.9. The quantitative estimate of drug-likeness (QED) is 0.483. The summed E-state index contributed by atoms with van der Waals surface area (Å²) in [6.45, 7) is 2.66. The van der Waals surface area contributed by atoms with Crippen LogP contribution in [-0.2, 0) is 11.2 Å². The third-order valence-electron chi connectivity index (χ3n) is 5.89. The maximum atomic E-state index is 13.0. The van der Waals surface area contributed by atoms with Crippen LogP contribution < -0.4 is 10.4 Å². The van der Waals surface area contributed by atoms with Crippen molar-refractivity contribution in [1.82, 2.24) is 4.90 Å². The Morgan fingerprint density at radius 3 is 2.87 bits per heavy atom. The van der Waals surface area contributed by atoms with E-state index in [9.17, 15) is 9.59 Å². The number of carbonyl (C=O) groups excluding carboxylic acids is 1. The molecule has 1 atom stereocenters. The van der Waals surface area contributed by atoms with Crippen molar-refractivity contribution in [3.63, 3.8) is 0 Å². The number of hydrogen-bond donors (Lipinski definition) is 0. The lowest BCUT2D eigenvalue weighted by Gasteiger charge is -2.25. The average Bonchev–Trinajstić information content (AvgIpc) is 3.23. The Morgan fingerprint density at radius 2 is 2.10 bits per heavy atom. The van der Waals surface area contributed by atoms with Crippen LogP contribution in [0.5, 0.6) is 5.75 Å². The standard InChI is InChI=1S/C24H24BrNO4/c1-15-19-9-8-18(29-2)14-22(19)30-24(28)20(15)10-11-23(27)26-12-4-7-21(26)16-5-3-6-17(25)13-16/h3,5-6,8-9,13-14,21H,4,7,10-12H2,1-2H3. The van der Waals surface area contributed by atoms with Crippen LogP contribution in [0.3, 0.4) is 0 Å².